The van der Waals surface area contributed by atoms with Crippen molar-refractivity contribution in [1.29, 1.82) is 0 Å². The molecule has 1 aliphatic rings. The minimum Gasteiger partial charge on any atom is -0.350 e. The number of halogens is 1. The van der Waals surface area contributed by atoms with E-state index in [0.29, 0.717) is 0 Å². The van der Waals surface area contributed by atoms with E-state index in [1.54, 1.807) is 11.0 Å². The van der Waals surface area contributed by atoms with Gasteiger partial charge in [-0.15, -0.1) is 0 Å². The topological polar surface area (TPSA) is 63.1 Å². The van der Waals surface area contributed by atoms with Crippen molar-refractivity contribution in [3.8, 4) is 0 Å². The SMILES string of the molecule is CC(C(=O)NC1CCN(C)C1c1ccc(Cl)cc1)n1cncn1. The van der Waals surface area contributed by atoms with Crippen LogP contribution >= 0.6 is 11.6 Å². The van der Waals surface area contributed by atoms with Gasteiger partial charge >= 0.3 is 0 Å². The summed E-state index contributed by atoms with van der Waals surface area (Å²) in [6.45, 7) is 2.76. The van der Waals surface area contributed by atoms with Crippen LogP contribution in [0.5, 0.6) is 0 Å². The molecule has 6 nitrogen and oxygen atoms in total. The van der Waals surface area contributed by atoms with Crippen LogP contribution in [0.3, 0.4) is 0 Å². The number of rotatable bonds is 4. The van der Waals surface area contributed by atoms with E-state index in [4.69, 9.17) is 11.6 Å². The Labute approximate surface area is 140 Å². The van der Waals surface area contributed by atoms with Crippen molar-refractivity contribution >= 4 is 17.5 Å². The first-order valence-electron chi connectivity index (χ1n) is 7.66. The molecule has 122 valence electrons. The van der Waals surface area contributed by atoms with Gasteiger partial charge in [-0.2, -0.15) is 5.10 Å². The van der Waals surface area contributed by atoms with E-state index in [-0.39, 0.29) is 24.0 Å². The normalized spacial score (nSPS) is 22.9. The third-order valence-electron chi connectivity index (χ3n) is 4.40. The summed E-state index contributed by atoms with van der Waals surface area (Å²) in [5.41, 5.74) is 1.16. The summed E-state index contributed by atoms with van der Waals surface area (Å²) in [7, 11) is 2.08. The second-order valence-electron chi connectivity index (χ2n) is 5.93. The molecule has 1 amide bonds. The first-order chi connectivity index (χ1) is 11.1. The smallest absolute Gasteiger partial charge is 0.244 e. The number of aromatic nitrogens is 3. The molecular weight excluding hydrogens is 314 g/mol. The summed E-state index contributed by atoms with van der Waals surface area (Å²) in [6, 6.07) is 7.66. The highest BCUT2D eigenvalue weighted by Crippen LogP contribution is 2.31. The van der Waals surface area contributed by atoms with Crippen LogP contribution in [0.2, 0.25) is 5.02 Å². The predicted molar refractivity (Wildman–Crippen MR) is 88.1 cm³/mol. The molecule has 3 rings (SSSR count). The van der Waals surface area contributed by atoms with Crippen LogP contribution in [0.25, 0.3) is 0 Å². The Bertz CT molecular complexity index is 658. The number of nitrogens with one attached hydrogen (secondary N) is 1. The lowest BCUT2D eigenvalue weighted by Gasteiger charge is -2.27. The van der Waals surface area contributed by atoms with E-state index in [1.807, 2.05) is 31.2 Å². The van der Waals surface area contributed by atoms with Gasteiger partial charge in [-0.3, -0.25) is 9.69 Å². The highest BCUT2D eigenvalue weighted by atomic mass is 35.5. The maximum atomic E-state index is 12.5. The number of carbonyl (C=O) groups excluding carboxylic acids is 1. The zero-order chi connectivity index (χ0) is 16.4. The standard InChI is InChI=1S/C16H20ClN5O/c1-11(22-10-18-9-19-22)16(23)20-14-7-8-21(2)15(14)12-3-5-13(17)6-4-12/h3-6,9-11,14-15H,7-8H2,1-2H3,(H,20,23). The molecule has 2 heterocycles. The quantitative estimate of drug-likeness (QED) is 0.930. The molecule has 0 bridgehead atoms. The molecule has 1 aromatic heterocycles. The van der Waals surface area contributed by atoms with E-state index < -0.39 is 0 Å². The maximum Gasteiger partial charge on any atom is 0.244 e. The van der Waals surface area contributed by atoms with Gasteiger partial charge < -0.3 is 5.32 Å². The second-order valence-corrected chi connectivity index (χ2v) is 6.37. The Morgan fingerprint density at radius 3 is 2.78 bits per heavy atom. The average molecular weight is 334 g/mol. The van der Waals surface area contributed by atoms with Crippen molar-refractivity contribution in [3.63, 3.8) is 0 Å². The minimum atomic E-state index is -0.380. The maximum absolute atomic E-state index is 12.5. The number of likely N-dealkylation sites (tertiary alicyclic amines) is 1. The Morgan fingerprint density at radius 2 is 2.13 bits per heavy atom. The van der Waals surface area contributed by atoms with E-state index >= 15 is 0 Å². The van der Waals surface area contributed by atoms with Gasteiger partial charge in [0.1, 0.15) is 18.7 Å². The fraction of sp³-hybridized carbons (Fsp3) is 0.438. The van der Waals surface area contributed by atoms with Gasteiger partial charge in [0, 0.05) is 17.6 Å². The minimum absolute atomic E-state index is 0.0465. The Morgan fingerprint density at radius 1 is 1.39 bits per heavy atom. The fourth-order valence-corrected chi connectivity index (χ4v) is 3.21. The number of carbonyl (C=O) groups is 1. The van der Waals surface area contributed by atoms with Crippen molar-refractivity contribution in [1.82, 2.24) is 25.0 Å². The molecule has 3 unspecified atom stereocenters. The summed E-state index contributed by atoms with van der Waals surface area (Å²) in [4.78, 5) is 18.6. The highest BCUT2D eigenvalue weighted by molar-refractivity contribution is 6.30. The predicted octanol–water partition coefficient (Wildman–Crippen LogP) is 2.05. The van der Waals surface area contributed by atoms with Gasteiger partial charge in [0.2, 0.25) is 5.91 Å². The van der Waals surface area contributed by atoms with Crippen LogP contribution < -0.4 is 5.32 Å². The van der Waals surface area contributed by atoms with Gasteiger partial charge in [0.25, 0.3) is 0 Å². The van der Waals surface area contributed by atoms with Crippen molar-refractivity contribution < 1.29 is 4.79 Å². The molecular formula is C16H20ClN5O. The summed E-state index contributed by atoms with van der Waals surface area (Å²) in [6.07, 6.45) is 3.91. The lowest BCUT2D eigenvalue weighted by atomic mass is 10.00. The van der Waals surface area contributed by atoms with Crippen LogP contribution in [0.4, 0.5) is 0 Å². The monoisotopic (exact) mass is 333 g/mol. The zero-order valence-electron chi connectivity index (χ0n) is 13.2. The number of benzene rings is 1. The summed E-state index contributed by atoms with van der Waals surface area (Å²) in [5, 5.41) is 7.91. The van der Waals surface area contributed by atoms with Crippen LogP contribution in [0, 0.1) is 0 Å². The molecule has 3 atom stereocenters. The fourth-order valence-electron chi connectivity index (χ4n) is 3.09. The average Bonchev–Trinajstić information content (AvgIpc) is 3.18. The largest absolute Gasteiger partial charge is 0.350 e. The number of hydrogen-bond acceptors (Lipinski definition) is 4. The van der Waals surface area contributed by atoms with Gasteiger partial charge in [-0.25, -0.2) is 9.67 Å². The van der Waals surface area contributed by atoms with E-state index in [0.717, 1.165) is 23.6 Å². The van der Waals surface area contributed by atoms with Crippen LogP contribution in [-0.4, -0.2) is 45.2 Å². The molecule has 1 saturated heterocycles. The Kier molecular flexibility index (Phi) is 4.63. The van der Waals surface area contributed by atoms with Crippen LogP contribution in [0.15, 0.2) is 36.9 Å². The summed E-state index contributed by atoms with van der Waals surface area (Å²) in [5.74, 6) is -0.0465. The number of nitrogens with zero attached hydrogens (tertiary/aromatic N) is 4. The third kappa shape index (κ3) is 3.38. The molecule has 0 aliphatic carbocycles. The van der Waals surface area contributed by atoms with E-state index in [9.17, 15) is 4.79 Å². The number of likely N-dealkylation sites (N-methyl/N-ethyl adjacent to an activating group) is 1. The molecule has 1 N–H and O–H groups in total. The second kappa shape index (κ2) is 6.68. The Balaban J connectivity index is 1.73. The molecule has 1 aromatic carbocycles. The summed E-state index contributed by atoms with van der Waals surface area (Å²) < 4.78 is 1.56. The molecule has 1 fully saturated rings. The molecule has 7 heteroatoms. The molecule has 23 heavy (non-hydrogen) atoms. The zero-order valence-corrected chi connectivity index (χ0v) is 13.9. The molecule has 1 aliphatic heterocycles. The van der Waals surface area contributed by atoms with Crippen molar-refractivity contribution in [2.24, 2.45) is 0 Å². The van der Waals surface area contributed by atoms with Crippen LogP contribution in [-0.2, 0) is 4.79 Å². The first-order valence-corrected chi connectivity index (χ1v) is 8.04. The lowest BCUT2D eigenvalue weighted by Crippen LogP contribution is -2.42. The summed E-state index contributed by atoms with van der Waals surface area (Å²) >= 11 is 5.98. The van der Waals surface area contributed by atoms with Crippen LogP contribution in [0.1, 0.15) is 31.0 Å². The van der Waals surface area contributed by atoms with E-state index in [2.05, 4.69) is 27.3 Å². The number of amides is 1. The third-order valence-corrected chi connectivity index (χ3v) is 4.65. The van der Waals surface area contributed by atoms with Crippen molar-refractivity contribution in [2.45, 2.75) is 31.5 Å². The van der Waals surface area contributed by atoms with Gasteiger partial charge in [-0.1, -0.05) is 23.7 Å². The number of hydrogen-bond donors (Lipinski definition) is 1. The molecule has 2 aromatic rings. The van der Waals surface area contributed by atoms with Crippen molar-refractivity contribution in [2.75, 3.05) is 13.6 Å². The highest BCUT2D eigenvalue weighted by Gasteiger charge is 2.34. The van der Waals surface area contributed by atoms with Crippen molar-refractivity contribution in [3.05, 3.63) is 47.5 Å². The van der Waals surface area contributed by atoms with Gasteiger partial charge in [0.05, 0.1) is 6.04 Å². The van der Waals surface area contributed by atoms with Gasteiger partial charge in [-0.05, 0) is 38.1 Å². The lowest BCUT2D eigenvalue weighted by molar-refractivity contribution is -0.125. The molecule has 0 spiro atoms. The first kappa shape index (κ1) is 16.0. The van der Waals surface area contributed by atoms with Gasteiger partial charge in [0.15, 0.2) is 0 Å². The molecule has 0 radical (unpaired) electrons. The molecule has 0 saturated carbocycles. The van der Waals surface area contributed by atoms with E-state index in [1.165, 1.54) is 6.33 Å². The Hall–Kier alpha value is -1.92.